The Bertz CT molecular complexity index is 1030. The van der Waals surface area contributed by atoms with E-state index < -0.39 is 13.1 Å². The number of ether oxygens (including phenoxy) is 2. The summed E-state index contributed by atoms with van der Waals surface area (Å²) in [6.45, 7) is 2.00. The fourth-order valence-electron chi connectivity index (χ4n) is 4.33. The number of hydrogen-bond acceptors (Lipinski definition) is 7. The number of rotatable bonds is 7. The Morgan fingerprint density at radius 3 is 2.93 bits per heavy atom. The van der Waals surface area contributed by atoms with Gasteiger partial charge in [-0.1, -0.05) is 48.3 Å². The first-order valence-corrected chi connectivity index (χ1v) is 11.2. The molecule has 2 atom stereocenters. The van der Waals surface area contributed by atoms with Crippen LogP contribution in [0.25, 0.3) is 11.0 Å². The molecule has 1 spiro atoms. The maximum absolute atomic E-state index is 9.85. The van der Waals surface area contributed by atoms with Crippen LogP contribution in [0.3, 0.4) is 0 Å². The van der Waals surface area contributed by atoms with Gasteiger partial charge in [0.05, 0.1) is 25.4 Å². The summed E-state index contributed by atoms with van der Waals surface area (Å²) in [5, 5.41) is 20.7. The van der Waals surface area contributed by atoms with E-state index in [0.717, 1.165) is 29.6 Å². The quantitative estimate of drug-likeness (QED) is 0.397. The molecule has 1 fully saturated rings. The van der Waals surface area contributed by atoms with Gasteiger partial charge in [-0.3, -0.25) is 4.72 Å². The number of benzene rings is 2. The number of nitrogens with one attached hydrogen (secondary N) is 1. The van der Waals surface area contributed by atoms with E-state index in [4.69, 9.17) is 13.9 Å². The van der Waals surface area contributed by atoms with Crippen LogP contribution in [0.15, 0.2) is 53.1 Å². The Kier molecular flexibility index (Phi) is 5.62. The van der Waals surface area contributed by atoms with E-state index in [9.17, 15) is 10.0 Å². The molecule has 0 saturated carbocycles. The van der Waals surface area contributed by atoms with Gasteiger partial charge in [0.1, 0.15) is 11.2 Å². The highest BCUT2D eigenvalue weighted by molar-refractivity contribution is 7.96. The van der Waals surface area contributed by atoms with Crippen LogP contribution in [0.1, 0.15) is 28.7 Å². The number of para-hydroxylation sites is 1. The Labute approximate surface area is 179 Å². The van der Waals surface area contributed by atoms with Gasteiger partial charge in [0.15, 0.2) is 0 Å². The first kappa shape index (κ1) is 20.1. The summed E-state index contributed by atoms with van der Waals surface area (Å²) >= 11 is 1.47. The van der Waals surface area contributed by atoms with Crippen LogP contribution in [0, 0.1) is 0 Å². The molecule has 6 nitrogen and oxygen atoms in total. The Morgan fingerprint density at radius 1 is 1.20 bits per heavy atom. The van der Waals surface area contributed by atoms with Gasteiger partial charge in [-0.2, -0.15) is 0 Å². The van der Waals surface area contributed by atoms with Crippen molar-refractivity contribution in [3.63, 3.8) is 0 Å². The summed E-state index contributed by atoms with van der Waals surface area (Å²) in [4.78, 5) is 0. The van der Waals surface area contributed by atoms with E-state index in [2.05, 4.69) is 22.9 Å². The van der Waals surface area contributed by atoms with Crippen LogP contribution in [0.5, 0.6) is 0 Å². The van der Waals surface area contributed by atoms with Crippen molar-refractivity contribution in [1.29, 1.82) is 0 Å². The minimum atomic E-state index is -1.47. The van der Waals surface area contributed by atoms with Crippen LogP contribution in [0.4, 0.5) is 0 Å². The van der Waals surface area contributed by atoms with E-state index in [-0.39, 0.29) is 5.60 Å². The zero-order valence-electron chi connectivity index (χ0n) is 16.5. The lowest BCUT2D eigenvalue weighted by atomic mass is 9.77. The Balaban J connectivity index is 1.22. The van der Waals surface area contributed by atoms with Crippen molar-refractivity contribution in [3.05, 3.63) is 71.0 Å². The predicted octanol–water partition coefficient (Wildman–Crippen LogP) is 2.94. The van der Waals surface area contributed by atoms with Crippen LogP contribution in [-0.2, 0) is 33.9 Å². The molecular formula is C22H24BNO5S. The molecule has 2 aliphatic heterocycles. The third kappa shape index (κ3) is 3.79. The lowest BCUT2D eigenvalue weighted by Gasteiger charge is -2.21. The van der Waals surface area contributed by atoms with Gasteiger partial charge in [0.2, 0.25) is 0 Å². The zero-order valence-corrected chi connectivity index (χ0v) is 17.4. The predicted molar refractivity (Wildman–Crippen MR) is 117 cm³/mol. The maximum Gasteiger partial charge on any atom is 0.470 e. The fraction of sp³-hybridized carbons (Fsp3) is 0.364. The van der Waals surface area contributed by atoms with Crippen LogP contribution >= 0.6 is 11.9 Å². The third-order valence-corrected chi connectivity index (χ3v) is 6.93. The van der Waals surface area contributed by atoms with Crippen molar-refractivity contribution >= 4 is 30.0 Å². The highest BCUT2D eigenvalue weighted by atomic mass is 32.2. The maximum atomic E-state index is 9.85. The van der Waals surface area contributed by atoms with Crippen molar-refractivity contribution in [2.75, 3.05) is 13.2 Å². The van der Waals surface area contributed by atoms with Gasteiger partial charge in [-0.15, -0.1) is 0 Å². The molecule has 0 radical (unpaired) electrons. The van der Waals surface area contributed by atoms with Gasteiger partial charge < -0.3 is 23.9 Å². The number of furan rings is 1. The Morgan fingerprint density at radius 2 is 2.10 bits per heavy atom. The lowest BCUT2D eigenvalue weighted by molar-refractivity contribution is -0.0421. The molecule has 3 heterocycles. The van der Waals surface area contributed by atoms with E-state index in [1.807, 2.05) is 24.3 Å². The molecule has 3 aromatic rings. The normalized spacial score (nSPS) is 21.4. The summed E-state index contributed by atoms with van der Waals surface area (Å²) in [5.74, 6) is 0.208. The van der Waals surface area contributed by atoms with Gasteiger partial charge in [-0.05, 0) is 34.7 Å². The van der Waals surface area contributed by atoms with Crippen molar-refractivity contribution in [2.45, 2.75) is 36.7 Å². The average molecular weight is 425 g/mol. The summed E-state index contributed by atoms with van der Waals surface area (Å²) in [6, 6.07) is 14.2. The van der Waals surface area contributed by atoms with Gasteiger partial charge in [0, 0.05) is 24.2 Å². The first-order valence-electron chi connectivity index (χ1n) is 10.2. The second kappa shape index (κ2) is 8.38. The first-order chi connectivity index (χ1) is 14.6. The smallest absolute Gasteiger partial charge is 0.464 e. The molecule has 2 unspecified atom stereocenters. The van der Waals surface area contributed by atoms with E-state index in [1.165, 1.54) is 28.6 Å². The third-order valence-electron chi connectivity index (χ3n) is 5.98. The molecule has 3 N–H and O–H groups in total. The number of hydrogen-bond donors (Lipinski definition) is 3. The van der Waals surface area contributed by atoms with E-state index in [1.54, 1.807) is 6.26 Å². The molecule has 0 amide bonds. The summed E-state index contributed by atoms with van der Waals surface area (Å²) in [7, 11) is -1.47. The minimum Gasteiger partial charge on any atom is -0.464 e. The Hall–Kier alpha value is -1.81. The number of fused-ring (bicyclic) bond motifs is 3. The monoisotopic (exact) mass is 425 g/mol. The standard InChI is InChI=1S/C22H24BNO5S/c25-23(26)21(10-16-11-28-20-4-2-1-3-18(16)20)24-30-13-15-5-6-19-17(9-15)12-29-22(19)7-8-27-14-22/h1-6,9,11,21,24-26H,7-8,10,12-14H2. The minimum absolute atomic E-state index is 0.251. The average Bonchev–Trinajstić information content (AvgIpc) is 3.48. The van der Waals surface area contributed by atoms with Gasteiger partial charge in [-0.25, -0.2) is 0 Å². The van der Waals surface area contributed by atoms with Crippen molar-refractivity contribution in [3.8, 4) is 0 Å². The second-order valence-corrected chi connectivity index (χ2v) is 8.78. The van der Waals surface area contributed by atoms with Crippen LogP contribution < -0.4 is 4.72 Å². The molecule has 2 aromatic carbocycles. The van der Waals surface area contributed by atoms with Crippen molar-refractivity contribution in [2.24, 2.45) is 0 Å². The molecule has 30 heavy (non-hydrogen) atoms. The molecule has 8 heteroatoms. The van der Waals surface area contributed by atoms with Gasteiger partial charge >= 0.3 is 7.12 Å². The lowest BCUT2D eigenvalue weighted by Crippen LogP contribution is -2.42. The highest BCUT2D eigenvalue weighted by Gasteiger charge is 2.43. The SMILES string of the molecule is OB(O)C(Cc1coc2ccccc12)NSCc1ccc2c(c1)COC21CCOC1. The van der Waals surface area contributed by atoms with Crippen LogP contribution in [-0.4, -0.2) is 36.3 Å². The zero-order chi connectivity index (χ0) is 20.6. The summed E-state index contributed by atoms with van der Waals surface area (Å²) in [6.07, 6.45) is 3.06. The molecule has 5 rings (SSSR count). The molecule has 1 saturated heterocycles. The molecule has 2 aliphatic rings. The molecule has 0 bridgehead atoms. The summed E-state index contributed by atoms with van der Waals surface area (Å²) in [5.41, 5.74) is 5.15. The highest BCUT2D eigenvalue weighted by Crippen LogP contribution is 2.42. The molecule has 0 aliphatic carbocycles. The molecule has 1 aromatic heterocycles. The topological polar surface area (TPSA) is 84.1 Å². The van der Waals surface area contributed by atoms with E-state index >= 15 is 0 Å². The molecule has 156 valence electrons. The second-order valence-electron chi connectivity index (χ2n) is 7.96. The summed E-state index contributed by atoms with van der Waals surface area (Å²) < 4.78 is 20.4. The van der Waals surface area contributed by atoms with E-state index in [0.29, 0.717) is 25.4 Å². The molecular weight excluding hydrogens is 401 g/mol. The fourth-order valence-corrected chi connectivity index (χ4v) is 5.18. The van der Waals surface area contributed by atoms with Gasteiger partial charge in [0.25, 0.3) is 0 Å². The van der Waals surface area contributed by atoms with Crippen molar-refractivity contribution in [1.82, 2.24) is 4.72 Å². The van der Waals surface area contributed by atoms with Crippen molar-refractivity contribution < 1.29 is 23.9 Å². The van der Waals surface area contributed by atoms with Crippen LogP contribution in [0.2, 0.25) is 0 Å². The largest absolute Gasteiger partial charge is 0.470 e.